The van der Waals surface area contributed by atoms with Gasteiger partial charge in [-0.25, -0.2) is 4.98 Å². The second kappa shape index (κ2) is 4.40. The fraction of sp³-hybridized carbons (Fsp3) is 0.556. The van der Waals surface area contributed by atoms with Crippen LogP contribution in [-0.4, -0.2) is 24.2 Å². The van der Waals surface area contributed by atoms with Crippen molar-refractivity contribution in [3.8, 4) is 6.07 Å². The van der Waals surface area contributed by atoms with Gasteiger partial charge in [-0.05, 0) is 6.92 Å². The van der Waals surface area contributed by atoms with Crippen molar-refractivity contribution < 1.29 is 5.11 Å². The van der Waals surface area contributed by atoms with Crippen LogP contribution in [0, 0.1) is 18.3 Å². The maximum absolute atomic E-state index is 9.63. The molecule has 0 amide bonds. The van der Waals surface area contributed by atoms with Crippen molar-refractivity contribution in [2.45, 2.75) is 19.4 Å². The summed E-state index contributed by atoms with van der Waals surface area (Å²) < 4.78 is 0. The Bertz CT molecular complexity index is 353. The summed E-state index contributed by atoms with van der Waals surface area (Å²) in [5, 5.41) is 19.0. The van der Waals surface area contributed by atoms with Crippen molar-refractivity contribution in [3.63, 3.8) is 0 Å². The average molecular weight is 211 g/mol. The molecule has 0 fully saturated rings. The van der Waals surface area contributed by atoms with Crippen LogP contribution in [0.3, 0.4) is 0 Å². The Labute approximate surface area is 87.4 Å². The molecule has 0 aliphatic rings. The number of anilines is 1. The van der Waals surface area contributed by atoms with Crippen LogP contribution in [0.25, 0.3) is 0 Å². The quantitative estimate of drug-likeness (QED) is 0.822. The molecular formula is C9H13N3OS. The van der Waals surface area contributed by atoms with Crippen molar-refractivity contribution in [2.24, 2.45) is 0 Å². The van der Waals surface area contributed by atoms with Crippen molar-refractivity contribution in [2.75, 3.05) is 19.0 Å². The summed E-state index contributed by atoms with van der Waals surface area (Å²) in [6.45, 7) is 1.85. The van der Waals surface area contributed by atoms with E-state index in [1.807, 2.05) is 32.0 Å². The molecule has 76 valence electrons. The van der Waals surface area contributed by atoms with Gasteiger partial charge in [0.25, 0.3) is 0 Å². The van der Waals surface area contributed by atoms with E-state index in [9.17, 15) is 5.11 Å². The lowest BCUT2D eigenvalue weighted by Crippen LogP contribution is -2.07. The largest absolute Gasteiger partial charge is 0.386 e. The summed E-state index contributed by atoms with van der Waals surface area (Å²) >= 11 is 1.43. The summed E-state index contributed by atoms with van der Waals surface area (Å²) in [4.78, 5) is 6.96. The minimum Gasteiger partial charge on any atom is -0.386 e. The van der Waals surface area contributed by atoms with E-state index >= 15 is 0 Å². The van der Waals surface area contributed by atoms with Gasteiger partial charge in [0.15, 0.2) is 5.13 Å². The second-order valence-electron chi connectivity index (χ2n) is 3.22. The molecule has 5 heteroatoms. The molecule has 0 saturated carbocycles. The molecule has 0 aromatic carbocycles. The number of aromatic nitrogens is 1. The lowest BCUT2D eigenvalue weighted by molar-refractivity contribution is 0.186. The molecule has 1 N–H and O–H groups in total. The first kappa shape index (κ1) is 11.0. The molecule has 0 bridgehead atoms. The number of hydrogen-bond donors (Lipinski definition) is 1. The molecular weight excluding hydrogens is 198 g/mol. The van der Waals surface area contributed by atoms with Gasteiger partial charge in [-0.3, -0.25) is 0 Å². The SMILES string of the molecule is Cc1nc(N(C)C)sc1C(O)CC#N. The predicted molar refractivity (Wildman–Crippen MR) is 56.4 cm³/mol. The molecule has 0 saturated heterocycles. The molecule has 1 rings (SSSR count). The van der Waals surface area contributed by atoms with Crippen molar-refractivity contribution in [1.82, 2.24) is 4.98 Å². The first-order chi connectivity index (χ1) is 6.56. The lowest BCUT2D eigenvalue weighted by atomic mass is 10.2. The Balaban J connectivity index is 2.93. The standard InChI is InChI=1S/C9H13N3OS/c1-6-8(7(13)4-5-10)14-9(11-6)12(2)3/h7,13H,4H2,1-3H3. The molecule has 1 aromatic rings. The summed E-state index contributed by atoms with van der Waals surface area (Å²) in [5.74, 6) is 0. The zero-order valence-corrected chi connectivity index (χ0v) is 9.30. The number of thiazole rings is 1. The number of rotatable bonds is 3. The van der Waals surface area contributed by atoms with E-state index in [0.717, 1.165) is 15.7 Å². The minimum atomic E-state index is -0.703. The third-order valence-corrected chi connectivity index (χ3v) is 3.22. The fourth-order valence-corrected chi connectivity index (χ4v) is 2.05. The van der Waals surface area contributed by atoms with Gasteiger partial charge in [0.1, 0.15) is 6.10 Å². The van der Waals surface area contributed by atoms with Gasteiger partial charge in [0.05, 0.1) is 23.1 Å². The van der Waals surface area contributed by atoms with Crippen molar-refractivity contribution >= 4 is 16.5 Å². The molecule has 4 nitrogen and oxygen atoms in total. The van der Waals surface area contributed by atoms with Gasteiger partial charge in [-0.15, -0.1) is 0 Å². The molecule has 1 unspecified atom stereocenters. The monoisotopic (exact) mass is 211 g/mol. The molecule has 0 aliphatic carbocycles. The fourth-order valence-electron chi connectivity index (χ4n) is 1.07. The summed E-state index contributed by atoms with van der Waals surface area (Å²) in [6, 6.07) is 1.95. The summed E-state index contributed by atoms with van der Waals surface area (Å²) in [5.41, 5.74) is 0.807. The lowest BCUT2D eigenvalue weighted by Gasteiger charge is -2.05. The van der Waals surface area contributed by atoms with E-state index in [2.05, 4.69) is 4.98 Å². The number of nitrogens with zero attached hydrogens (tertiary/aromatic N) is 3. The van der Waals surface area contributed by atoms with Crippen LogP contribution < -0.4 is 4.90 Å². The summed E-state index contributed by atoms with van der Waals surface area (Å²) in [7, 11) is 3.80. The van der Waals surface area contributed by atoms with Crippen LogP contribution in [0.4, 0.5) is 5.13 Å². The number of hydrogen-bond acceptors (Lipinski definition) is 5. The number of nitriles is 1. The van der Waals surface area contributed by atoms with E-state index in [1.54, 1.807) is 0 Å². The van der Waals surface area contributed by atoms with Gasteiger partial charge in [0.2, 0.25) is 0 Å². The van der Waals surface area contributed by atoms with E-state index in [1.165, 1.54) is 11.3 Å². The van der Waals surface area contributed by atoms with Crippen LogP contribution in [0.5, 0.6) is 0 Å². The molecule has 0 radical (unpaired) electrons. The number of aliphatic hydroxyl groups excluding tert-OH is 1. The van der Waals surface area contributed by atoms with Crippen LogP contribution in [0.1, 0.15) is 23.1 Å². The highest BCUT2D eigenvalue weighted by molar-refractivity contribution is 7.15. The van der Waals surface area contributed by atoms with Gasteiger partial charge >= 0.3 is 0 Å². The first-order valence-corrected chi connectivity index (χ1v) is 5.07. The third kappa shape index (κ3) is 2.22. The van der Waals surface area contributed by atoms with Crippen molar-refractivity contribution in [3.05, 3.63) is 10.6 Å². The second-order valence-corrected chi connectivity index (χ2v) is 4.23. The zero-order chi connectivity index (χ0) is 10.7. The first-order valence-electron chi connectivity index (χ1n) is 4.26. The van der Waals surface area contributed by atoms with Gasteiger partial charge in [-0.2, -0.15) is 5.26 Å². The van der Waals surface area contributed by atoms with Gasteiger partial charge < -0.3 is 10.0 Å². The Morgan fingerprint density at radius 3 is 2.71 bits per heavy atom. The predicted octanol–water partition coefficient (Wildman–Crippen LogP) is 1.46. The number of aliphatic hydroxyl groups is 1. The maximum atomic E-state index is 9.63. The van der Waals surface area contributed by atoms with Crippen LogP contribution in [-0.2, 0) is 0 Å². The molecule has 0 spiro atoms. The van der Waals surface area contributed by atoms with E-state index in [0.29, 0.717) is 0 Å². The highest BCUT2D eigenvalue weighted by atomic mass is 32.1. The third-order valence-electron chi connectivity index (χ3n) is 1.79. The van der Waals surface area contributed by atoms with Crippen LogP contribution in [0.2, 0.25) is 0 Å². The maximum Gasteiger partial charge on any atom is 0.185 e. The smallest absolute Gasteiger partial charge is 0.185 e. The van der Waals surface area contributed by atoms with Crippen LogP contribution >= 0.6 is 11.3 Å². The molecule has 1 atom stereocenters. The highest BCUT2D eigenvalue weighted by Gasteiger charge is 2.16. The highest BCUT2D eigenvalue weighted by Crippen LogP contribution is 2.30. The van der Waals surface area contributed by atoms with Gasteiger partial charge in [-0.1, -0.05) is 11.3 Å². The Hall–Kier alpha value is -1.12. The molecule has 14 heavy (non-hydrogen) atoms. The summed E-state index contributed by atoms with van der Waals surface area (Å²) in [6.07, 6.45) is -0.582. The van der Waals surface area contributed by atoms with E-state index in [-0.39, 0.29) is 6.42 Å². The topological polar surface area (TPSA) is 60.1 Å². The average Bonchev–Trinajstić information content (AvgIpc) is 2.48. The van der Waals surface area contributed by atoms with Gasteiger partial charge in [0, 0.05) is 14.1 Å². The van der Waals surface area contributed by atoms with Crippen LogP contribution in [0.15, 0.2) is 0 Å². The number of aryl methyl sites for hydroxylation is 1. The molecule has 1 heterocycles. The van der Waals surface area contributed by atoms with E-state index in [4.69, 9.17) is 5.26 Å². The zero-order valence-electron chi connectivity index (χ0n) is 8.48. The molecule has 1 aromatic heterocycles. The van der Waals surface area contributed by atoms with Crippen molar-refractivity contribution in [1.29, 1.82) is 5.26 Å². The Morgan fingerprint density at radius 2 is 2.29 bits per heavy atom. The van der Waals surface area contributed by atoms with E-state index < -0.39 is 6.10 Å². The normalized spacial score (nSPS) is 12.2. The Kier molecular flexibility index (Phi) is 3.44. The molecule has 0 aliphatic heterocycles. The minimum absolute atomic E-state index is 0.121. The Morgan fingerprint density at radius 1 is 1.64 bits per heavy atom.